The lowest BCUT2D eigenvalue weighted by Crippen LogP contribution is -2.29. The van der Waals surface area contributed by atoms with Crippen LogP contribution < -0.4 is 14.4 Å². The molecule has 29 heavy (non-hydrogen) atoms. The number of aryl methyl sites for hydroxylation is 1. The number of hydrogen-bond acceptors (Lipinski definition) is 6. The summed E-state index contributed by atoms with van der Waals surface area (Å²) in [6.07, 6.45) is 4.38. The zero-order valence-corrected chi connectivity index (χ0v) is 17.2. The zero-order valence-electron chi connectivity index (χ0n) is 17.2. The Kier molecular flexibility index (Phi) is 6.04. The number of aromatic nitrogens is 1. The van der Waals surface area contributed by atoms with Crippen molar-refractivity contribution in [3.63, 3.8) is 0 Å². The van der Waals surface area contributed by atoms with Gasteiger partial charge in [0.05, 0.1) is 43.5 Å². The third-order valence-electron chi connectivity index (χ3n) is 5.07. The molecule has 0 fully saturated rings. The summed E-state index contributed by atoms with van der Waals surface area (Å²) in [5, 5.41) is 18.4. The van der Waals surface area contributed by atoms with Crippen LogP contribution in [0.5, 0.6) is 11.6 Å². The average Bonchev–Trinajstić information content (AvgIpc) is 2.74. The van der Waals surface area contributed by atoms with Gasteiger partial charge in [-0.15, -0.1) is 0 Å². The molecule has 6 nitrogen and oxygen atoms in total. The van der Waals surface area contributed by atoms with Gasteiger partial charge in [0, 0.05) is 35.5 Å². The molecule has 1 atom stereocenters. The van der Waals surface area contributed by atoms with Crippen LogP contribution in [0.25, 0.3) is 0 Å². The molecule has 6 heteroatoms. The van der Waals surface area contributed by atoms with E-state index in [0.717, 1.165) is 28.1 Å². The lowest BCUT2D eigenvalue weighted by atomic mass is 9.84. The van der Waals surface area contributed by atoms with Gasteiger partial charge in [0.15, 0.2) is 0 Å². The van der Waals surface area contributed by atoms with Crippen LogP contribution in [0, 0.1) is 29.6 Å². The molecule has 2 aromatic rings. The van der Waals surface area contributed by atoms with Crippen molar-refractivity contribution >= 4 is 5.69 Å². The summed E-state index contributed by atoms with van der Waals surface area (Å²) in [5.41, 5.74) is 5.55. The molecule has 0 aliphatic carbocycles. The van der Waals surface area contributed by atoms with E-state index < -0.39 is 0 Å². The molecule has 1 aromatic heterocycles. The summed E-state index contributed by atoms with van der Waals surface area (Å²) in [4.78, 5) is 6.71. The zero-order chi connectivity index (χ0) is 21.0. The van der Waals surface area contributed by atoms with Crippen LogP contribution in [-0.4, -0.2) is 25.2 Å². The molecule has 0 spiro atoms. The first-order chi connectivity index (χ1) is 14.0. The number of benzene rings is 1. The van der Waals surface area contributed by atoms with Crippen LogP contribution >= 0.6 is 0 Å². The average molecular weight is 388 g/mol. The number of ether oxygens (including phenoxy) is 2. The van der Waals surface area contributed by atoms with E-state index in [4.69, 9.17) is 14.7 Å². The maximum atomic E-state index is 9.25. The monoisotopic (exact) mass is 388 g/mol. The summed E-state index contributed by atoms with van der Waals surface area (Å²) < 4.78 is 11.5. The predicted molar refractivity (Wildman–Crippen MR) is 111 cm³/mol. The van der Waals surface area contributed by atoms with Crippen molar-refractivity contribution < 1.29 is 9.47 Å². The van der Waals surface area contributed by atoms with Gasteiger partial charge in [-0.05, 0) is 38.5 Å². The summed E-state index contributed by atoms with van der Waals surface area (Å²) in [7, 11) is 1.61. The Labute approximate surface area is 171 Å². The van der Waals surface area contributed by atoms with Crippen LogP contribution in [0.2, 0.25) is 0 Å². The fourth-order valence-electron chi connectivity index (χ4n) is 3.81. The second-order valence-corrected chi connectivity index (χ2v) is 6.86. The first-order valence-corrected chi connectivity index (χ1v) is 9.58. The molecule has 1 aliphatic rings. The lowest BCUT2D eigenvalue weighted by molar-refractivity contribution is 0.322. The Morgan fingerprint density at radius 1 is 1.24 bits per heavy atom. The highest BCUT2D eigenvalue weighted by atomic mass is 16.5. The Morgan fingerprint density at radius 2 is 2.03 bits per heavy atom. The van der Waals surface area contributed by atoms with Crippen molar-refractivity contribution in [3.05, 3.63) is 58.4 Å². The van der Waals surface area contributed by atoms with Crippen molar-refractivity contribution in [2.24, 2.45) is 0 Å². The third kappa shape index (κ3) is 3.75. The number of fused-ring (bicyclic) bond motifs is 1. The molecule has 0 amide bonds. The predicted octanol–water partition coefficient (Wildman–Crippen LogP) is 4.44. The number of hydrogen-bond donors (Lipinski definition) is 0. The SMILES string of the molecule is CCOc1ncc(C)c2c1C(c1ccc(C#N)cc1OC)C=C(C)N2CCC#N. The van der Waals surface area contributed by atoms with Gasteiger partial charge in [-0.3, -0.25) is 0 Å². The van der Waals surface area contributed by atoms with E-state index in [9.17, 15) is 5.26 Å². The molecule has 0 bridgehead atoms. The maximum Gasteiger partial charge on any atom is 0.219 e. The van der Waals surface area contributed by atoms with E-state index in [1.165, 1.54) is 0 Å². The summed E-state index contributed by atoms with van der Waals surface area (Å²) in [5.74, 6) is 1.09. The fourth-order valence-corrected chi connectivity index (χ4v) is 3.81. The summed E-state index contributed by atoms with van der Waals surface area (Å²) in [6.45, 7) is 7.10. The van der Waals surface area contributed by atoms with Crippen LogP contribution in [0.1, 0.15) is 48.4 Å². The highest BCUT2D eigenvalue weighted by Crippen LogP contribution is 2.47. The van der Waals surface area contributed by atoms with Gasteiger partial charge >= 0.3 is 0 Å². The summed E-state index contributed by atoms with van der Waals surface area (Å²) >= 11 is 0. The molecule has 3 rings (SSSR count). The van der Waals surface area contributed by atoms with E-state index in [2.05, 4.69) is 28.1 Å². The standard InChI is InChI=1S/C23H24N4O2/c1-5-29-23-21-19(18-8-7-17(13-25)12-20(18)28-4)11-16(3)27(10-6-9-24)22(21)15(2)14-26-23/h7-8,11-12,14,19H,5-6,10H2,1-4H3. The molecular formula is C23H24N4O2. The van der Waals surface area contributed by atoms with Crippen LogP contribution in [0.3, 0.4) is 0 Å². The molecule has 1 unspecified atom stereocenters. The largest absolute Gasteiger partial charge is 0.496 e. The molecule has 1 aromatic carbocycles. The first kappa shape index (κ1) is 20.2. The van der Waals surface area contributed by atoms with Crippen LogP contribution in [-0.2, 0) is 0 Å². The van der Waals surface area contributed by atoms with Crippen molar-refractivity contribution in [2.45, 2.75) is 33.1 Å². The van der Waals surface area contributed by atoms with Gasteiger partial charge in [0.2, 0.25) is 5.88 Å². The van der Waals surface area contributed by atoms with Gasteiger partial charge in [-0.25, -0.2) is 4.98 Å². The quantitative estimate of drug-likeness (QED) is 0.728. The molecule has 0 N–H and O–H groups in total. The highest BCUT2D eigenvalue weighted by molar-refractivity contribution is 5.72. The molecule has 0 saturated carbocycles. The third-order valence-corrected chi connectivity index (χ3v) is 5.07. The second kappa shape index (κ2) is 8.67. The first-order valence-electron chi connectivity index (χ1n) is 9.58. The Balaban J connectivity index is 2.26. The minimum atomic E-state index is -0.139. The Bertz CT molecular complexity index is 1030. The van der Waals surface area contributed by atoms with E-state index in [0.29, 0.717) is 36.8 Å². The summed E-state index contributed by atoms with van der Waals surface area (Å²) in [6, 6.07) is 9.87. The van der Waals surface area contributed by atoms with E-state index in [1.54, 1.807) is 19.2 Å². The van der Waals surface area contributed by atoms with Gasteiger partial charge in [0.25, 0.3) is 0 Å². The van der Waals surface area contributed by atoms with Crippen molar-refractivity contribution in [1.82, 2.24) is 4.98 Å². The smallest absolute Gasteiger partial charge is 0.219 e. The Hall–Kier alpha value is -3.51. The molecule has 1 aliphatic heterocycles. The van der Waals surface area contributed by atoms with Gasteiger partial charge < -0.3 is 14.4 Å². The van der Waals surface area contributed by atoms with Crippen molar-refractivity contribution in [3.8, 4) is 23.8 Å². The highest BCUT2D eigenvalue weighted by Gasteiger charge is 2.32. The maximum absolute atomic E-state index is 9.25. The van der Waals surface area contributed by atoms with Gasteiger partial charge in [-0.2, -0.15) is 10.5 Å². The number of anilines is 1. The molecule has 148 valence electrons. The second-order valence-electron chi connectivity index (χ2n) is 6.86. The minimum absolute atomic E-state index is 0.139. The number of allylic oxidation sites excluding steroid dienone is 2. The van der Waals surface area contributed by atoms with Crippen molar-refractivity contribution in [2.75, 3.05) is 25.2 Å². The van der Waals surface area contributed by atoms with E-state index in [-0.39, 0.29) is 5.92 Å². The normalized spacial score (nSPS) is 15.0. The molecule has 0 saturated heterocycles. The minimum Gasteiger partial charge on any atom is -0.496 e. The number of nitrogens with zero attached hydrogens (tertiary/aromatic N) is 4. The molecule has 2 heterocycles. The Morgan fingerprint density at radius 3 is 2.69 bits per heavy atom. The number of nitriles is 2. The topological polar surface area (TPSA) is 82.2 Å². The van der Waals surface area contributed by atoms with E-state index in [1.807, 2.05) is 33.0 Å². The number of rotatable bonds is 6. The van der Waals surface area contributed by atoms with E-state index >= 15 is 0 Å². The van der Waals surface area contributed by atoms with Crippen molar-refractivity contribution in [1.29, 1.82) is 10.5 Å². The van der Waals surface area contributed by atoms with Gasteiger partial charge in [0.1, 0.15) is 5.75 Å². The van der Waals surface area contributed by atoms with Crippen LogP contribution in [0.15, 0.2) is 36.2 Å². The number of methoxy groups -OCH3 is 1. The van der Waals surface area contributed by atoms with Crippen LogP contribution in [0.4, 0.5) is 5.69 Å². The number of pyridine rings is 1. The fraction of sp³-hybridized carbons (Fsp3) is 0.348. The molecular weight excluding hydrogens is 364 g/mol. The molecule has 0 radical (unpaired) electrons. The van der Waals surface area contributed by atoms with Gasteiger partial charge in [-0.1, -0.05) is 12.1 Å². The lowest BCUT2D eigenvalue weighted by Gasteiger charge is -2.36.